The number of methoxy groups -OCH3 is 1. The van der Waals surface area contributed by atoms with Gasteiger partial charge in [0, 0.05) is 12.1 Å². The molecule has 0 radical (unpaired) electrons. The highest BCUT2D eigenvalue weighted by atomic mass is 19.1. The Morgan fingerprint density at radius 3 is 2.56 bits per heavy atom. The number of rotatable bonds is 1. The zero-order chi connectivity index (χ0) is 12.3. The molecule has 0 atom stereocenters. The van der Waals surface area contributed by atoms with Crippen molar-refractivity contribution in [3.8, 4) is 17.6 Å². The van der Waals surface area contributed by atoms with Crippen molar-refractivity contribution in [1.29, 1.82) is 0 Å². The molecule has 16 heavy (non-hydrogen) atoms. The number of ether oxygens (including phenoxy) is 1. The van der Waals surface area contributed by atoms with E-state index in [0.29, 0.717) is 5.75 Å². The molecule has 0 heterocycles. The minimum absolute atomic E-state index is 0.146. The van der Waals surface area contributed by atoms with Crippen LogP contribution in [0.2, 0.25) is 0 Å². The van der Waals surface area contributed by atoms with Crippen LogP contribution in [-0.4, -0.2) is 17.8 Å². The van der Waals surface area contributed by atoms with Crippen LogP contribution in [-0.2, 0) is 0 Å². The molecular formula is C12H14FNO2. The Balaban J connectivity index is 3.18. The SMILES string of the molecule is COc1cc(C#CC(C)(C)O)c(F)cc1N. The number of nitrogen functional groups attached to an aromatic ring is 1. The Bertz CT molecular complexity index is 453. The number of halogens is 1. The van der Waals surface area contributed by atoms with Crippen LogP contribution in [0.25, 0.3) is 0 Å². The lowest BCUT2D eigenvalue weighted by molar-refractivity contribution is 0.143. The normalized spacial score (nSPS) is 10.6. The minimum Gasteiger partial charge on any atom is -0.495 e. The number of nitrogens with two attached hydrogens (primary N) is 1. The van der Waals surface area contributed by atoms with Crippen LogP contribution in [0.5, 0.6) is 5.75 Å². The van der Waals surface area contributed by atoms with E-state index in [1.807, 2.05) is 0 Å². The third-order valence-corrected chi connectivity index (χ3v) is 1.82. The summed E-state index contributed by atoms with van der Waals surface area (Å²) in [5, 5.41) is 9.40. The minimum atomic E-state index is -1.17. The van der Waals surface area contributed by atoms with E-state index in [0.717, 1.165) is 6.07 Å². The summed E-state index contributed by atoms with van der Waals surface area (Å²) < 4.78 is 18.4. The lowest BCUT2D eigenvalue weighted by Gasteiger charge is -2.07. The maximum absolute atomic E-state index is 13.4. The summed E-state index contributed by atoms with van der Waals surface area (Å²) in [4.78, 5) is 0. The number of anilines is 1. The Hall–Kier alpha value is -1.73. The molecule has 3 nitrogen and oxygen atoms in total. The fraction of sp³-hybridized carbons (Fsp3) is 0.333. The molecule has 0 aliphatic carbocycles. The molecule has 0 aliphatic heterocycles. The van der Waals surface area contributed by atoms with Crippen LogP contribution < -0.4 is 10.5 Å². The monoisotopic (exact) mass is 223 g/mol. The van der Waals surface area contributed by atoms with Crippen LogP contribution in [0.15, 0.2) is 12.1 Å². The Labute approximate surface area is 94.0 Å². The molecule has 0 saturated heterocycles. The Morgan fingerprint density at radius 1 is 1.44 bits per heavy atom. The summed E-state index contributed by atoms with van der Waals surface area (Å²) in [5.41, 5.74) is 4.72. The molecule has 0 saturated carbocycles. The van der Waals surface area contributed by atoms with Gasteiger partial charge in [0.05, 0.1) is 18.4 Å². The molecule has 1 aromatic carbocycles. The van der Waals surface area contributed by atoms with Crippen molar-refractivity contribution in [2.75, 3.05) is 12.8 Å². The number of hydrogen-bond donors (Lipinski definition) is 2. The Morgan fingerprint density at radius 2 is 2.06 bits per heavy atom. The highest BCUT2D eigenvalue weighted by molar-refractivity contribution is 5.57. The average Bonchev–Trinajstić information content (AvgIpc) is 2.15. The number of aliphatic hydroxyl groups is 1. The number of hydrogen-bond acceptors (Lipinski definition) is 3. The first-order valence-corrected chi connectivity index (χ1v) is 4.72. The smallest absolute Gasteiger partial charge is 0.143 e. The fourth-order valence-electron chi connectivity index (χ4n) is 1.06. The van der Waals surface area contributed by atoms with Gasteiger partial charge in [0.15, 0.2) is 0 Å². The van der Waals surface area contributed by atoms with Crippen molar-refractivity contribution in [2.45, 2.75) is 19.4 Å². The third-order valence-electron chi connectivity index (χ3n) is 1.82. The second-order valence-electron chi connectivity index (χ2n) is 3.88. The first-order valence-electron chi connectivity index (χ1n) is 4.72. The topological polar surface area (TPSA) is 55.5 Å². The van der Waals surface area contributed by atoms with E-state index in [2.05, 4.69) is 11.8 Å². The largest absolute Gasteiger partial charge is 0.495 e. The van der Waals surface area contributed by atoms with Gasteiger partial charge in [0.25, 0.3) is 0 Å². The third kappa shape index (κ3) is 3.14. The van der Waals surface area contributed by atoms with E-state index in [9.17, 15) is 9.50 Å². The molecule has 0 aliphatic rings. The Kier molecular flexibility index (Phi) is 3.41. The molecule has 1 rings (SSSR count). The van der Waals surface area contributed by atoms with Gasteiger partial charge in [-0.05, 0) is 13.8 Å². The molecule has 3 N–H and O–H groups in total. The molecule has 4 heteroatoms. The van der Waals surface area contributed by atoms with Crippen LogP contribution in [0, 0.1) is 17.7 Å². The van der Waals surface area contributed by atoms with Gasteiger partial charge in [-0.3, -0.25) is 0 Å². The van der Waals surface area contributed by atoms with Crippen LogP contribution in [0.1, 0.15) is 19.4 Å². The maximum Gasteiger partial charge on any atom is 0.143 e. The van der Waals surface area contributed by atoms with Crippen molar-refractivity contribution in [3.63, 3.8) is 0 Å². The predicted molar refractivity (Wildman–Crippen MR) is 60.5 cm³/mol. The summed E-state index contributed by atoms with van der Waals surface area (Å²) in [5.74, 6) is 4.89. The van der Waals surface area contributed by atoms with Gasteiger partial charge >= 0.3 is 0 Å². The first-order chi connectivity index (χ1) is 7.33. The van der Waals surface area contributed by atoms with E-state index in [-0.39, 0.29) is 11.3 Å². The molecule has 1 aromatic rings. The quantitative estimate of drug-likeness (QED) is 0.561. The summed E-state index contributed by atoms with van der Waals surface area (Å²) in [6.07, 6.45) is 0. The second-order valence-corrected chi connectivity index (χ2v) is 3.88. The molecule has 0 amide bonds. The van der Waals surface area contributed by atoms with E-state index < -0.39 is 11.4 Å². The standard InChI is InChI=1S/C12H14FNO2/c1-12(2,15)5-4-8-6-11(16-3)10(14)7-9(8)13/h6-7,15H,14H2,1-3H3. The zero-order valence-corrected chi connectivity index (χ0v) is 9.47. The van der Waals surface area contributed by atoms with E-state index in [1.54, 1.807) is 0 Å². The molecule has 0 unspecified atom stereocenters. The van der Waals surface area contributed by atoms with Gasteiger partial charge in [-0.1, -0.05) is 11.8 Å². The van der Waals surface area contributed by atoms with Gasteiger partial charge in [-0.2, -0.15) is 0 Å². The number of benzene rings is 1. The lowest BCUT2D eigenvalue weighted by Crippen LogP contribution is -2.14. The van der Waals surface area contributed by atoms with Crippen LogP contribution in [0.4, 0.5) is 10.1 Å². The molecule has 0 spiro atoms. The van der Waals surface area contributed by atoms with Gasteiger partial charge in [-0.25, -0.2) is 4.39 Å². The van der Waals surface area contributed by atoms with Crippen LogP contribution >= 0.6 is 0 Å². The van der Waals surface area contributed by atoms with Crippen molar-refractivity contribution < 1.29 is 14.2 Å². The average molecular weight is 223 g/mol. The van der Waals surface area contributed by atoms with Crippen molar-refractivity contribution >= 4 is 5.69 Å². The summed E-state index contributed by atoms with van der Waals surface area (Å²) in [6, 6.07) is 2.55. The summed E-state index contributed by atoms with van der Waals surface area (Å²) in [7, 11) is 1.44. The molecule has 0 bridgehead atoms. The van der Waals surface area contributed by atoms with Crippen LogP contribution in [0.3, 0.4) is 0 Å². The second kappa shape index (κ2) is 4.42. The molecule has 0 fully saturated rings. The maximum atomic E-state index is 13.4. The molecular weight excluding hydrogens is 209 g/mol. The van der Waals surface area contributed by atoms with E-state index in [1.165, 1.54) is 27.0 Å². The van der Waals surface area contributed by atoms with Crippen molar-refractivity contribution in [1.82, 2.24) is 0 Å². The predicted octanol–water partition coefficient (Wildman–Crippen LogP) is 1.54. The summed E-state index contributed by atoms with van der Waals surface area (Å²) in [6.45, 7) is 3.04. The first kappa shape index (κ1) is 12.3. The molecule has 0 aromatic heterocycles. The molecule has 86 valence electrons. The highest BCUT2D eigenvalue weighted by Crippen LogP contribution is 2.24. The lowest BCUT2D eigenvalue weighted by atomic mass is 10.1. The van der Waals surface area contributed by atoms with Crippen molar-refractivity contribution in [2.24, 2.45) is 0 Å². The van der Waals surface area contributed by atoms with E-state index >= 15 is 0 Å². The van der Waals surface area contributed by atoms with Gasteiger partial charge in [-0.15, -0.1) is 0 Å². The van der Waals surface area contributed by atoms with Crippen molar-refractivity contribution in [3.05, 3.63) is 23.5 Å². The van der Waals surface area contributed by atoms with E-state index in [4.69, 9.17) is 10.5 Å². The van der Waals surface area contributed by atoms with Gasteiger partial charge < -0.3 is 15.6 Å². The summed E-state index contributed by atoms with van der Waals surface area (Å²) >= 11 is 0. The fourth-order valence-corrected chi connectivity index (χ4v) is 1.06. The zero-order valence-electron chi connectivity index (χ0n) is 9.47. The van der Waals surface area contributed by atoms with Gasteiger partial charge in [0.1, 0.15) is 17.2 Å². The highest BCUT2D eigenvalue weighted by Gasteiger charge is 2.09. The van der Waals surface area contributed by atoms with Gasteiger partial charge in [0.2, 0.25) is 0 Å².